The Hall–Kier alpha value is -0.640. The van der Waals surface area contributed by atoms with E-state index < -0.39 is 0 Å². The predicted molar refractivity (Wildman–Crippen MR) is 89.7 cm³/mol. The van der Waals surface area contributed by atoms with Gasteiger partial charge < -0.3 is 14.2 Å². The van der Waals surface area contributed by atoms with Crippen molar-refractivity contribution in [1.82, 2.24) is 0 Å². The lowest BCUT2D eigenvalue weighted by molar-refractivity contribution is -0.0954. The standard InChI is InChI=1S/C18H34O3/c1-8-10-16(9-2)11-12-20-18(5,6)13-17(14-19-7)21-15(3)4/h9-10,15,17H,2,8,11-14H2,1,3-7H3/b16-10+. The molecule has 21 heavy (non-hydrogen) atoms. The van der Waals surface area contributed by atoms with Crippen molar-refractivity contribution in [2.75, 3.05) is 20.3 Å². The first-order valence-electron chi connectivity index (χ1n) is 7.94. The van der Waals surface area contributed by atoms with E-state index in [1.165, 1.54) is 5.57 Å². The minimum atomic E-state index is -0.226. The third-order valence-corrected chi connectivity index (χ3v) is 3.15. The van der Waals surface area contributed by atoms with Gasteiger partial charge in [-0.1, -0.05) is 31.2 Å². The summed E-state index contributed by atoms with van der Waals surface area (Å²) in [6, 6.07) is 0. The topological polar surface area (TPSA) is 27.7 Å². The summed E-state index contributed by atoms with van der Waals surface area (Å²) in [6.45, 7) is 15.6. The van der Waals surface area contributed by atoms with E-state index in [9.17, 15) is 0 Å². The summed E-state index contributed by atoms with van der Waals surface area (Å²) < 4.78 is 17.2. The molecule has 3 nitrogen and oxygen atoms in total. The lowest BCUT2D eigenvalue weighted by Gasteiger charge is -2.31. The quantitative estimate of drug-likeness (QED) is 0.496. The molecule has 0 radical (unpaired) electrons. The summed E-state index contributed by atoms with van der Waals surface area (Å²) in [6.07, 6.45) is 7.12. The fourth-order valence-corrected chi connectivity index (χ4v) is 2.32. The van der Waals surface area contributed by atoms with E-state index in [0.29, 0.717) is 13.2 Å². The molecule has 124 valence electrons. The van der Waals surface area contributed by atoms with Crippen LogP contribution in [0.15, 0.2) is 24.3 Å². The minimum Gasteiger partial charge on any atom is -0.382 e. The summed E-state index contributed by atoms with van der Waals surface area (Å²) in [7, 11) is 1.70. The van der Waals surface area contributed by atoms with Crippen LogP contribution >= 0.6 is 0 Å². The van der Waals surface area contributed by atoms with Crippen molar-refractivity contribution in [3.05, 3.63) is 24.3 Å². The van der Waals surface area contributed by atoms with Gasteiger partial charge in [-0.25, -0.2) is 0 Å². The minimum absolute atomic E-state index is 0.0649. The average molecular weight is 298 g/mol. The maximum Gasteiger partial charge on any atom is 0.0839 e. The average Bonchev–Trinajstić information content (AvgIpc) is 2.36. The number of allylic oxidation sites excluding steroid dienone is 2. The van der Waals surface area contributed by atoms with Crippen LogP contribution in [-0.2, 0) is 14.2 Å². The molecule has 0 saturated heterocycles. The Morgan fingerprint density at radius 3 is 2.43 bits per heavy atom. The molecule has 1 unspecified atom stereocenters. The van der Waals surface area contributed by atoms with E-state index in [2.05, 4.69) is 33.4 Å². The summed E-state index contributed by atoms with van der Waals surface area (Å²) >= 11 is 0. The van der Waals surface area contributed by atoms with Gasteiger partial charge in [-0.3, -0.25) is 0 Å². The first-order valence-corrected chi connectivity index (χ1v) is 7.94. The second-order valence-electron chi connectivity index (χ2n) is 6.22. The van der Waals surface area contributed by atoms with Crippen LogP contribution < -0.4 is 0 Å². The monoisotopic (exact) mass is 298 g/mol. The number of hydrogen-bond donors (Lipinski definition) is 0. The number of hydrogen-bond acceptors (Lipinski definition) is 3. The molecule has 0 rings (SSSR count). The smallest absolute Gasteiger partial charge is 0.0839 e. The van der Waals surface area contributed by atoms with Gasteiger partial charge in [0.25, 0.3) is 0 Å². The zero-order chi connectivity index (χ0) is 16.3. The van der Waals surface area contributed by atoms with Gasteiger partial charge in [0.1, 0.15) is 0 Å². The Morgan fingerprint density at radius 2 is 1.95 bits per heavy atom. The molecular formula is C18H34O3. The van der Waals surface area contributed by atoms with Gasteiger partial charge in [-0.2, -0.15) is 0 Å². The zero-order valence-corrected chi connectivity index (χ0v) is 14.8. The van der Waals surface area contributed by atoms with Crippen molar-refractivity contribution in [2.45, 2.75) is 71.7 Å². The Morgan fingerprint density at radius 1 is 1.29 bits per heavy atom. The molecule has 0 bridgehead atoms. The van der Waals surface area contributed by atoms with Gasteiger partial charge >= 0.3 is 0 Å². The molecule has 0 aromatic rings. The lowest BCUT2D eigenvalue weighted by Crippen LogP contribution is -2.35. The van der Waals surface area contributed by atoms with Gasteiger partial charge in [0.15, 0.2) is 0 Å². The van der Waals surface area contributed by atoms with E-state index in [4.69, 9.17) is 14.2 Å². The molecule has 0 spiro atoms. The summed E-state index contributed by atoms with van der Waals surface area (Å²) in [4.78, 5) is 0. The summed E-state index contributed by atoms with van der Waals surface area (Å²) in [5.41, 5.74) is 1.02. The van der Waals surface area contributed by atoms with Gasteiger partial charge in [0, 0.05) is 13.5 Å². The number of rotatable bonds is 12. The molecule has 0 amide bonds. The van der Waals surface area contributed by atoms with Gasteiger partial charge in [0.2, 0.25) is 0 Å². The van der Waals surface area contributed by atoms with Crippen molar-refractivity contribution in [3.8, 4) is 0 Å². The number of methoxy groups -OCH3 is 1. The molecule has 0 N–H and O–H groups in total. The van der Waals surface area contributed by atoms with Crippen LogP contribution in [0.5, 0.6) is 0 Å². The van der Waals surface area contributed by atoms with Crippen molar-refractivity contribution < 1.29 is 14.2 Å². The van der Waals surface area contributed by atoms with Crippen LogP contribution in [0.25, 0.3) is 0 Å². The lowest BCUT2D eigenvalue weighted by atomic mass is 10.0. The first kappa shape index (κ1) is 20.4. The Labute approximate surface area is 131 Å². The summed E-state index contributed by atoms with van der Waals surface area (Å²) in [5, 5.41) is 0. The Balaban J connectivity index is 4.32. The fourth-order valence-electron chi connectivity index (χ4n) is 2.32. The molecule has 0 saturated carbocycles. The number of ether oxygens (including phenoxy) is 3. The van der Waals surface area contributed by atoms with Crippen molar-refractivity contribution >= 4 is 0 Å². The Kier molecular flexibility index (Phi) is 10.7. The maximum absolute atomic E-state index is 6.04. The third kappa shape index (κ3) is 10.7. The van der Waals surface area contributed by atoms with Crippen LogP contribution in [-0.4, -0.2) is 38.1 Å². The highest BCUT2D eigenvalue weighted by Gasteiger charge is 2.25. The molecule has 0 aliphatic rings. The maximum atomic E-state index is 6.04. The normalized spacial score (nSPS) is 14.5. The van der Waals surface area contributed by atoms with Crippen molar-refractivity contribution in [2.24, 2.45) is 0 Å². The fraction of sp³-hybridized carbons (Fsp3) is 0.778. The second kappa shape index (κ2) is 11.0. The Bertz CT molecular complexity index is 306. The van der Waals surface area contributed by atoms with Gasteiger partial charge in [0.05, 0.1) is 31.0 Å². The van der Waals surface area contributed by atoms with Crippen LogP contribution in [0.1, 0.15) is 53.9 Å². The van der Waals surface area contributed by atoms with E-state index in [-0.39, 0.29) is 17.8 Å². The third-order valence-electron chi connectivity index (χ3n) is 3.15. The molecule has 0 aliphatic carbocycles. The van der Waals surface area contributed by atoms with Crippen LogP contribution in [0.4, 0.5) is 0 Å². The van der Waals surface area contributed by atoms with E-state index in [1.807, 2.05) is 19.9 Å². The van der Waals surface area contributed by atoms with Crippen LogP contribution in [0.3, 0.4) is 0 Å². The molecule has 0 aromatic carbocycles. The molecule has 0 heterocycles. The highest BCUT2D eigenvalue weighted by atomic mass is 16.5. The van der Waals surface area contributed by atoms with Crippen molar-refractivity contribution in [1.29, 1.82) is 0 Å². The predicted octanol–water partition coefficient (Wildman–Crippen LogP) is 4.52. The molecule has 0 aromatic heterocycles. The largest absolute Gasteiger partial charge is 0.382 e. The molecule has 0 aliphatic heterocycles. The van der Waals surface area contributed by atoms with E-state index >= 15 is 0 Å². The highest BCUT2D eigenvalue weighted by molar-refractivity contribution is 5.15. The SMILES string of the molecule is C=C/C(=C\CC)CCOC(C)(C)CC(COC)OC(C)C. The molecular weight excluding hydrogens is 264 g/mol. The first-order chi connectivity index (χ1) is 9.84. The van der Waals surface area contributed by atoms with Gasteiger partial charge in [-0.15, -0.1) is 0 Å². The molecule has 1 atom stereocenters. The second-order valence-corrected chi connectivity index (χ2v) is 6.22. The van der Waals surface area contributed by atoms with Crippen molar-refractivity contribution in [3.63, 3.8) is 0 Å². The van der Waals surface area contributed by atoms with Gasteiger partial charge in [-0.05, 0) is 40.5 Å². The van der Waals surface area contributed by atoms with Crippen LogP contribution in [0.2, 0.25) is 0 Å². The molecule has 0 fully saturated rings. The molecule has 3 heteroatoms. The van der Waals surface area contributed by atoms with E-state index in [1.54, 1.807) is 7.11 Å². The summed E-state index contributed by atoms with van der Waals surface area (Å²) in [5.74, 6) is 0. The zero-order valence-electron chi connectivity index (χ0n) is 14.8. The van der Waals surface area contributed by atoms with Crippen LogP contribution in [0, 0.1) is 0 Å². The highest BCUT2D eigenvalue weighted by Crippen LogP contribution is 2.21. The van der Waals surface area contributed by atoms with E-state index in [0.717, 1.165) is 19.3 Å².